The minimum Gasteiger partial charge on any atom is -0.549 e. The summed E-state index contributed by atoms with van der Waals surface area (Å²) in [6.45, 7) is 9.38. The fourth-order valence-electron chi connectivity index (χ4n) is 2.01. The molecule has 0 spiro atoms. The average Bonchev–Trinajstić information content (AvgIpc) is 2.68. The van der Waals surface area contributed by atoms with Gasteiger partial charge >= 0.3 is 64.6 Å². The number of hydrogen-bond acceptors (Lipinski definition) is 13. The third-order valence-corrected chi connectivity index (χ3v) is 23.3. The van der Waals surface area contributed by atoms with Crippen molar-refractivity contribution < 1.29 is 54.8 Å². The fraction of sp³-hybridized carbons (Fsp3) is 1.00. The molecule has 0 aromatic heterocycles. The quantitative estimate of drug-likeness (QED) is 0.159. The highest BCUT2D eigenvalue weighted by Crippen LogP contribution is 2.29. The lowest BCUT2D eigenvalue weighted by atomic mass is 11.8. The Kier molecular flexibility index (Phi) is 14.8. The van der Waals surface area contributed by atoms with Gasteiger partial charge in [-0.15, -0.1) is 0 Å². The van der Waals surface area contributed by atoms with Crippen LogP contribution >= 0.6 is 0 Å². The van der Waals surface area contributed by atoms with Crippen molar-refractivity contribution in [1.29, 1.82) is 0 Å². The topological polar surface area (TPSA) is 128 Å². The molecule has 0 aliphatic rings. The van der Waals surface area contributed by atoms with Crippen molar-refractivity contribution in [2.45, 2.75) is 32.7 Å². The van der Waals surface area contributed by atoms with E-state index in [1.807, 2.05) is 19.6 Å². The second kappa shape index (κ2) is 14.2. The molecule has 0 bridgehead atoms. The van der Waals surface area contributed by atoms with Gasteiger partial charge in [0.2, 0.25) is 21.0 Å². The molecule has 0 aliphatic heterocycles. The molecule has 0 heterocycles. The van der Waals surface area contributed by atoms with Crippen LogP contribution in [0.15, 0.2) is 0 Å². The van der Waals surface area contributed by atoms with Crippen LogP contribution in [0.25, 0.3) is 0 Å². The van der Waals surface area contributed by atoms with Gasteiger partial charge in [0.05, 0.1) is 0 Å². The second-order valence-corrected chi connectivity index (χ2v) is 28.1. The Morgan fingerprint density at radius 2 is 1.31 bits per heavy atom. The van der Waals surface area contributed by atoms with Crippen LogP contribution in [0, 0.1) is 0 Å². The first kappa shape index (κ1) is 33.4. The zero-order valence-electron chi connectivity index (χ0n) is 18.8. The lowest BCUT2D eigenvalue weighted by Crippen LogP contribution is -2.70. The van der Waals surface area contributed by atoms with Gasteiger partial charge in [-0.05, 0) is 32.7 Å². The van der Waals surface area contributed by atoms with E-state index in [0.29, 0.717) is 0 Å². The molecule has 0 aromatic rings. The molecular formula is C8H24O13Si11. The minimum atomic E-state index is -4.65. The summed E-state index contributed by atoms with van der Waals surface area (Å²) < 4.78 is 78.3. The van der Waals surface area contributed by atoms with Crippen LogP contribution in [0.3, 0.4) is 0 Å². The molecule has 0 aliphatic carbocycles. The summed E-state index contributed by atoms with van der Waals surface area (Å²) in [6, 6.07) is 0. The van der Waals surface area contributed by atoms with Crippen LogP contribution in [0.2, 0.25) is 32.7 Å². The van der Waals surface area contributed by atoms with Crippen LogP contribution in [0.1, 0.15) is 0 Å². The molecule has 0 aromatic carbocycles. The molecule has 0 saturated heterocycles. The molecule has 0 N–H and O–H groups in total. The van der Waals surface area contributed by atoms with Gasteiger partial charge in [0.1, 0.15) is 9.76 Å². The Balaban J connectivity index is 6.59. The largest absolute Gasteiger partial charge is 0.740 e. The maximum absolute atomic E-state index is 12.4. The smallest absolute Gasteiger partial charge is 0.549 e. The summed E-state index contributed by atoms with van der Waals surface area (Å²) in [5, 5.41) is 0. The SMILES string of the molecule is CO[Si]O[Si](O[Si])(O[Si])O[Si](O[Si](=O)O[Si])(O[Si](C)(C)O[Si](C)(C)C)O[Si]([Si])(OC)OC. The summed E-state index contributed by atoms with van der Waals surface area (Å²) in [4.78, 5) is 0. The molecule has 0 rings (SSSR count). The van der Waals surface area contributed by atoms with Crippen LogP contribution in [0.4, 0.5) is 0 Å². The van der Waals surface area contributed by atoms with Crippen molar-refractivity contribution in [3.63, 3.8) is 0 Å². The normalized spacial score (nSPS) is 15.4. The maximum Gasteiger partial charge on any atom is 0.740 e. The van der Waals surface area contributed by atoms with E-state index in [0.717, 1.165) is 0 Å². The fourth-order valence-corrected chi connectivity index (χ4v) is 24.0. The monoisotopic (exact) mass is 636 g/mol. The predicted molar refractivity (Wildman–Crippen MR) is 124 cm³/mol. The van der Waals surface area contributed by atoms with Crippen molar-refractivity contribution in [3.8, 4) is 0 Å². The van der Waals surface area contributed by atoms with E-state index < -0.39 is 62.5 Å². The lowest BCUT2D eigenvalue weighted by Gasteiger charge is -2.41. The summed E-state index contributed by atoms with van der Waals surface area (Å²) >= 11 is 0. The van der Waals surface area contributed by atoms with Gasteiger partial charge < -0.3 is 50.3 Å². The summed E-state index contributed by atoms with van der Waals surface area (Å²) in [5.41, 5.74) is 0. The van der Waals surface area contributed by atoms with Gasteiger partial charge in [0, 0.05) is 21.3 Å². The van der Waals surface area contributed by atoms with E-state index >= 15 is 0 Å². The number of rotatable bonds is 18. The lowest BCUT2D eigenvalue weighted by molar-refractivity contribution is 0.0395. The first-order valence-electron chi connectivity index (χ1n) is 8.47. The van der Waals surface area contributed by atoms with Crippen LogP contribution in [-0.2, 0) is 54.8 Å². The van der Waals surface area contributed by atoms with Gasteiger partial charge in [0.25, 0.3) is 0 Å². The Bertz CT molecular complexity index is 571. The molecule has 178 valence electrons. The first-order chi connectivity index (χ1) is 14.6. The molecule has 14 radical (unpaired) electrons. The van der Waals surface area contributed by atoms with Gasteiger partial charge in [-0.25, -0.2) is 0 Å². The van der Waals surface area contributed by atoms with Crippen molar-refractivity contribution in [3.05, 3.63) is 0 Å². The molecule has 0 amide bonds. The maximum atomic E-state index is 12.4. The molecular weight excluding hydrogens is 613 g/mol. The number of hydrogen-bond donors (Lipinski definition) is 0. The first-order valence-corrected chi connectivity index (χ1v) is 24.4. The van der Waals surface area contributed by atoms with Crippen LogP contribution < -0.4 is 0 Å². The van der Waals surface area contributed by atoms with Crippen molar-refractivity contribution >= 4 is 104 Å². The van der Waals surface area contributed by atoms with Crippen molar-refractivity contribution in [1.82, 2.24) is 0 Å². The summed E-state index contributed by atoms with van der Waals surface area (Å²) in [6.07, 6.45) is 0. The molecule has 24 heteroatoms. The van der Waals surface area contributed by atoms with Gasteiger partial charge in [-0.2, -0.15) is 0 Å². The molecule has 32 heavy (non-hydrogen) atoms. The Hall–Kier alpha value is 1.39. The van der Waals surface area contributed by atoms with Gasteiger partial charge in [-0.3, -0.25) is 4.46 Å². The molecule has 1 atom stereocenters. The van der Waals surface area contributed by atoms with E-state index in [1.165, 1.54) is 21.3 Å². The predicted octanol–water partition coefficient (Wildman–Crippen LogP) is -1.71. The van der Waals surface area contributed by atoms with Gasteiger partial charge in [0.15, 0.2) is 8.32 Å². The summed E-state index contributed by atoms with van der Waals surface area (Å²) in [5.74, 6) is 0. The Morgan fingerprint density at radius 1 is 0.781 bits per heavy atom. The molecule has 0 fully saturated rings. The standard InChI is InChI=1S/C8H24O13Si11/c1-10-26-16-30(14-23,15-24)20-31(17-27(9)13-22,21-32(25,11-2)12-3)19-29(7,8)18-28(4,5)6/h1-8H3. The van der Waals surface area contributed by atoms with E-state index in [9.17, 15) is 4.46 Å². The second-order valence-electron chi connectivity index (χ2n) is 6.93. The highest BCUT2D eigenvalue weighted by molar-refractivity contribution is 7.08. The third kappa shape index (κ3) is 11.9. The molecule has 13 nitrogen and oxygen atoms in total. The Morgan fingerprint density at radius 3 is 1.69 bits per heavy atom. The van der Waals surface area contributed by atoms with Gasteiger partial charge in [-0.1, -0.05) is 0 Å². The van der Waals surface area contributed by atoms with E-state index in [-0.39, 0.29) is 0 Å². The zero-order chi connectivity index (χ0) is 25.3. The summed E-state index contributed by atoms with van der Waals surface area (Å²) in [7, 11) is -5.79. The van der Waals surface area contributed by atoms with Crippen molar-refractivity contribution in [2.75, 3.05) is 21.3 Å². The van der Waals surface area contributed by atoms with E-state index in [4.69, 9.17) is 46.2 Å². The third-order valence-electron chi connectivity index (χ3n) is 2.76. The molecule has 0 saturated carbocycles. The highest BCUT2D eigenvalue weighted by atomic mass is 29.2. The highest BCUT2D eigenvalue weighted by Gasteiger charge is 2.66. The van der Waals surface area contributed by atoms with Crippen molar-refractivity contribution in [2.24, 2.45) is 0 Å². The Labute approximate surface area is 211 Å². The van der Waals surface area contributed by atoms with E-state index in [2.05, 4.69) is 45.3 Å². The zero-order valence-corrected chi connectivity index (χ0v) is 29.8. The minimum absolute atomic E-state index is 0.577. The average molecular weight is 637 g/mol. The molecule has 1 unspecified atom stereocenters. The van der Waals surface area contributed by atoms with E-state index in [1.54, 1.807) is 13.1 Å². The van der Waals surface area contributed by atoms with Crippen LogP contribution in [0.5, 0.6) is 0 Å². The van der Waals surface area contributed by atoms with Crippen LogP contribution in [-0.4, -0.2) is 125 Å².